The zero-order chi connectivity index (χ0) is 19.8. The van der Waals surface area contributed by atoms with Gasteiger partial charge in [0, 0.05) is 37.2 Å². The first-order valence-corrected chi connectivity index (χ1v) is 9.39. The summed E-state index contributed by atoms with van der Waals surface area (Å²) in [6.45, 7) is 2.80. The SMILES string of the molecule is COc1cc(OC)cc(C(=O)N2CCC(C(=O)NCCCN(C)C)CC2)c1. The molecule has 27 heavy (non-hydrogen) atoms. The van der Waals surface area contributed by atoms with E-state index in [4.69, 9.17) is 9.47 Å². The summed E-state index contributed by atoms with van der Waals surface area (Å²) < 4.78 is 10.5. The van der Waals surface area contributed by atoms with E-state index in [1.165, 1.54) is 0 Å². The first-order valence-electron chi connectivity index (χ1n) is 9.39. The molecule has 7 heteroatoms. The summed E-state index contributed by atoms with van der Waals surface area (Å²) in [5.41, 5.74) is 0.540. The second-order valence-electron chi connectivity index (χ2n) is 7.12. The molecule has 0 aliphatic carbocycles. The molecule has 150 valence electrons. The molecule has 7 nitrogen and oxygen atoms in total. The zero-order valence-corrected chi connectivity index (χ0v) is 16.8. The summed E-state index contributed by atoms with van der Waals surface area (Å²) in [6.07, 6.45) is 2.31. The van der Waals surface area contributed by atoms with E-state index in [1.54, 1.807) is 37.3 Å². The van der Waals surface area contributed by atoms with Gasteiger partial charge in [-0.2, -0.15) is 0 Å². The molecular formula is C20H31N3O4. The van der Waals surface area contributed by atoms with Gasteiger partial charge in [-0.15, -0.1) is 0 Å². The number of methoxy groups -OCH3 is 2. The van der Waals surface area contributed by atoms with Gasteiger partial charge in [0.15, 0.2) is 0 Å². The normalized spacial score (nSPS) is 14.9. The van der Waals surface area contributed by atoms with Crippen LogP contribution in [0.4, 0.5) is 0 Å². The van der Waals surface area contributed by atoms with Crippen LogP contribution >= 0.6 is 0 Å². The highest BCUT2D eigenvalue weighted by atomic mass is 16.5. The molecular weight excluding hydrogens is 346 g/mol. The van der Waals surface area contributed by atoms with Gasteiger partial charge in [0.1, 0.15) is 11.5 Å². The topological polar surface area (TPSA) is 71.1 Å². The second-order valence-corrected chi connectivity index (χ2v) is 7.12. The molecule has 1 saturated heterocycles. The van der Waals surface area contributed by atoms with E-state index in [1.807, 2.05) is 14.1 Å². The van der Waals surface area contributed by atoms with Gasteiger partial charge in [0.25, 0.3) is 5.91 Å². The maximum absolute atomic E-state index is 12.8. The fraction of sp³-hybridized carbons (Fsp3) is 0.600. The molecule has 0 spiro atoms. The molecule has 1 fully saturated rings. The molecule has 1 aliphatic heterocycles. The predicted molar refractivity (Wildman–Crippen MR) is 104 cm³/mol. The number of carbonyl (C=O) groups excluding carboxylic acids is 2. The van der Waals surface area contributed by atoms with Gasteiger partial charge in [-0.3, -0.25) is 9.59 Å². The Bertz CT molecular complexity index is 618. The lowest BCUT2D eigenvalue weighted by molar-refractivity contribution is -0.126. The lowest BCUT2D eigenvalue weighted by Gasteiger charge is -2.31. The van der Waals surface area contributed by atoms with Crippen molar-refractivity contribution in [1.82, 2.24) is 15.1 Å². The first-order chi connectivity index (χ1) is 12.9. The molecule has 0 aromatic heterocycles. The van der Waals surface area contributed by atoms with E-state index in [9.17, 15) is 9.59 Å². The molecule has 1 heterocycles. The molecule has 0 saturated carbocycles. The number of nitrogens with zero attached hydrogens (tertiary/aromatic N) is 2. The standard InChI is InChI=1S/C20H31N3O4/c1-22(2)9-5-8-21-19(24)15-6-10-23(11-7-15)20(25)16-12-17(26-3)14-18(13-16)27-4/h12-15H,5-11H2,1-4H3,(H,21,24). The Balaban J connectivity index is 1.86. The second kappa shape index (κ2) is 10.2. The van der Waals surface area contributed by atoms with Crippen LogP contribution in [0.25, 0.3) is 0 Å². The lowest BCUT2D eigenvalue weighted by Crippen LogP contribution is -2.43. The van der Waals surface area contributed by atoms with Gasteiger partial charge in [-0.25, -0.2) is 0 Å². The third kappa shape index (κ3) is 6.13. The molecule has 2 rings (SSSR count). The number of rotatable bonds is 8. The fourth-order valence-corrected chi connectivity index (χ4v) is 3.21. The van der Waals surface area contributed by atoms with Crippen molar-refractivity contribution in [2.75, 3.05) is 54.5 Å². The van der Waals surface area contributed by atoms with Crippen LogP contribution in [0.2, 0.25) is 0 Å². The summed E-state index contributed by atoms with van der Waals surface area (Å²) in [4.78, 5) is 29.0. The van der Waals surface area contributed by atoms with E-state index < -0.39 is 0 Å². The number of carbonyl (C=O) groups is 2. The van der Waals surface area contributed by atoms with Crippen LogP contribution in [0, 0.1) is 5.92 Å². The maximum Gasteiger partial charge on any atom is 0.254 e. The van der Waals surface area contributed by atoms with Gasteiger partial charge in [-0.05, 0) is 52.0 Å². The number of amides is 2. The summed E-state index contributed by atoms with van der Waals surface area (Å²) in [6, 6.07) is 5.17. The van der Waals surface area contributed by atoms with Crippen molar-refractivity contribution in [3.05, 3.63) is 23.8 Å². The quantitative estimate of drug-likeness (QED) is 0.697. The fourth-order valence-electron chi connectivity index (χ4n) is 3.21. The predicted octanol–water partition coefficient (Wildman–Crippen LogP) is 1.62. The Morgan fingerprint density at radius 2 is 1.70 bits per heavy atom. The van der Waals surface area contributed by atoms with Crippen molar-refractivity contribution in [2.24, 2.45) is 5.92 Å². The van der Waals surface area contributed by atoms with Crippen molar-refractivity contribution in [1.29, 1.82) is 0 Å². The van der Waals surface area contributed by atoms with Crippen molar-refractivity contribution in [3.63, 3.8) is 0 Å². The van der Waals surface area contributed by atoms with Gasteiger partial charge in [0.05, 0.1) is 14.2 Å². The molecule has 1 aromatic carbocycles. The summed E-state index contributed by atoms with van der Waals surface area (Å²) in [5.74, 6) is 1.20. The Labute approximate surface area is 161 Å². The molecule has 0 unspecified atom stereocenters. The van der Waals surface area contributed by atoms with Crippen LogP contribution in [0.1, 0.15) is 29.6 Å². The van der Waals surface area contributed by atoms with E-state index in [0.717, 1.165) is 13.0 Å². The van der Waals surface area contributed by atoms with Crippen LogP contribution < -0.4 is 14.8 Å². The number of piperidine rings is 1. The first kappa shape index (κ1) is 21.0. The number of nitrogens with one attached hydrogen (secondary N) is 1. The van der Waals surface area contributed by atoms with Crippen LogP contribution in [-0.4, -0.2) is 76.1 Å². The Morgan fingerprint density at radius 3 is 2.22 bits per heavy atom. The third-order valence-electron chi connectivity index (χ3n) is 4.83. The average Bonchev–Trinajstić information content (AvgIpc) is 2.69. The van der Waals surface area contributed by atoms with E-state index in [-0.39, 0.29) is 17.7 Å². The highest BCUT2D eigenvalue weighted by Gasteiger charge is 2.28. The Morgan fingerprint density at radius 1 is 1.11 bits per heavy atom. The third-order valence-corrected chi connectivity index (χ3v) is 4.83. The highest BCUT2D eigenvalue weighted by Crippen LogP contribution is 2.25. The average molecular weight is 377 g/mol. The van der Waals surface area contributed by atoms with Gasteiger partial charge in [-0.1, -0.05) is 0 Å². The zero-order valence-electron chi connectivity index (χ0n) is 16.8. The minimum Gasteiger partial charge on any atom is -0.497 e. The van der Waals surface area contributed by atoms with E-state index in [2.05, 4.69) is 10.2 Å². The molecule has 0 bridgehead atoms. The van der Waals surface area contributed by atoms with Gasteiger partial charge >= 0.3 is 0 Å². The minimum absolute atomic E-state index is 0.0201. The molecule has 1 aromatic rings. The number of hydrogen-bond acceptors (Lipinski definition) is 5. The molecule has 1 N–H and O–H groups in total. The maximum atomic E-state index is 12.8. The van der Waals surface area contributed by atoms with Crippen LogP contribution in [0.15, 0.2) is 18.2 Å². The molecule has 2 amide bonds. The van der Waals surface area contributed by atoms with Crippen molar-refractivity contribution in [2.45, 2.75) is 19.3 Å². The monoisotopic (exact) mass is 377 g/mol. The Kier molecular flexibility index (Phi) is 7.91. The largest absolute Gasteiger partial charge is 0.497 e. The van der Waals surface area contributed by atoms with Crippen LogP contribution in [-0.2, 0) is 4.79 Å². The van der Waals surface area contributed by atoms with Gasteiger partial charge < -0.3 is 24.6 Å². The van der Waals surface area contributed by atoms with E-state index in [0.29, 0.717) is 49.5 Å². The number of likely N-dealkylation sites (tertiary alicyclic amines) is 1. The molecule has 0 radical (unpaired) electrons. The summed E-state index contributed by atoms with van der Waals surface area (Å²) in [5, 5.41) is 3.01. The van der Waals surface area contributed by atoms with Crippen molar-refractivity contribution in [3.8, 4) is 11.5 Å². The van der Waals surface area contributed by atoms with Crippen LogP contribution in [0.3, 0.4) is 0 Å². The highest BCUT2D eigenvalue weighted by molar-refractivity contribution is 5.95. The Hall–Kier alpha value is -2.28. The van der Waals surface area contributed by atoms with Crippen molar-refractivity contribution < 1.29 is 19.1 Å². The number of benzene rings is 1. The number of ether oxygens (including phenoxy) is 2. The minimum atomic E-state index is -0.0583. The van der Waals surface area contributed by atoms with Crippen LogP contribution in [0.5, 0.6) is 11.5 Å². The summed E-state index contributed by atoms with van der Waals surface area (Å²) in [7, 11) is 7.16. The smallest absolute Gasteiger partial charge is 0.254 e. The van der Waals surface area contributed by atoms with E-state index >= 15 is 0 Å². The van der Waals surface area contributed by atoms with Gasteiger partial charge in [0.2, 0.25) is 5.91 Å². The summed E-state index contributed by atoms with van der Waals surface area (Å²) >= 11 is 0. The number of hydrogen-bond donors (Lipinski definition) is 1. The molecule has 0 atom stereocenters. The lowest BCUT2D eigenvalue weighted by atomic mass is 9.95. The van der Waals surface area contributed by atoms with Crippen molar-refractivity contribution >= 4 is 11.8 Å². The molecule has 1 aliphatic rings.